The summed E-state index contributed by atoms with van der Waals surface area (Å²) in [6.45, 7) is 5.09. The van der Waals surface area contributed by atoms with Crippen molar-refractivity contribution in [3.05, 3.63) is 0 Å². The van der Waals surface area contributed by atoms with Crippen LogP contribution in [0.3, 0.4) is 0 Å². The van der Waals surface area contributed by atoms with Gasteiger partial charge >= 0.3 is 0 Å². The maximum atomic E-state index is 5.26. The Labute approximate surface area is 135 Å². The fraction of sp³-hybridized carbons (Fsp3) is 0.941. The van der Waals surface area contributed by atoms with Gasteiger partial charge in [-0.25, -0.2) is 0 Å². The van der Waals surface area contributed by atoms with E-state index in [1.54, 1.807) is 7.11 Å². The second kappa shape index (κ2) is 8.16. The van der Waals surface area contributed by atoms with Gasteiger partial charge in [0, 0.05) is 45.9 Å². The monoisotopic (exact) mass is 310 g/mol. The van der Waals surface area contributed by atoms with Crippen molar-refractivity contribution < 1.29 is 4.74 Å². The van der Waals surface area contributed by atoms with Gasteiger partial charge in [-0.1, -0.05) is 6.42 Å². The number of nitrogens with one attached hydrogen (secondary N) is 2. The third-order valence-electron chi connectivity index (χ3n) is 5.49. The van der Waals surface area contributed by atoms with Crippen molar-refractivity contribution >= 4 is 5.96 Å². The first kappa shape index (κ1) is 17.5. The first-order valence-electron chi connectivity index (χ1n) is 8.75. The van der Waals surface area contributed by atoms with Crippen LogP contribution >= 0.6 is 0 Å². The van der Waals surface area contributed by atoms with Crippen molar-refractivity contribution in [1.82, 2.24) is 15.5 Å². The lowest BCUT2D eigenvalue weighted by Gasteiger charge is -2.42. The number of ether oxygens (including phenoxy) is 1. The molecule has 0 aromatic rings. The Kier molecular flexibility index (Phi) is 6.50. The molecular formula is C17H34N4O. The van der Waals surface area contributed by atoms with E-state index in [1.165, 1.54) is 32.1 Å². The van der Waals surface area contributed by atoms with Crippen molar-refractivity contribution in [2.45, 2.75) is 57.5 Å². The number of methoxy groups -OCH3 is 1. The highest BCUT2D eigenvalue weighted by molar-refractivity contribution is 5.79. The summed E-state index contributed by atoms with van der Waals surface area (Å²) in [5.74, 6) is 0.930. The van der Waals surface area contributed by atoms with Crippen LogP contribution in [0.2, 0.25) is 0 Å². The highest BCUT2D eigenvalue weighted by Gasteiger charge is 2.36. The van der Waals surface area contributed by atoms with Crippen molar-refractivity contribution in [2.24, 2.45) is 10.4 Å². The average Bonchev–Trinajstić information content (AvgIpc) is 3.32. The van der Waals surface area contributed by atoms with Gasteiger partial charge in [-0.15, -0.1) is 0 Å². The highest BCUT2D eigenvalue weighted by Crippen LogP contribution is 2.43. The zero-order valence-corrected chi connectivity index (χ0v) is 14.8. The Hall–Kier alpha value is -0.810. The van der Waals surface area contributed by atoms with Crippen molar-refractivity contribution in [1.29, 1.82) is 0 Å². The van der Waals surface area contributed by atoms with E-state index in [1.807, 2.05) is 7.05 Å². The minimum atomic E-state index is 0.421. The molecule has 5 heteroatoms. The lowest BCUT2D eigenvalue weighted by atomic mass is 9.67. The first-order valence-corrected chi connectivity index (χ1v) is 8.75. The van der Waals surface area contributed by atoms with Gasteiger partial charge in [-0.05, 0) is 51.5 Å². The molecule has 2 aliphatic rings. The Balaban J connectivity index is 1.70. The lowest BCUT2D eigenvalue weighted by molar-refractivity contribution is 0.0732. The fourth-order valence-electron chi connectivity index (χ4n) is 3.23. The second-order valence-corrected chi connectivity index (χ2v) is 7.15. The van der Waals surface area contributed by atoms with Gasteiger partial charge in [-0.3, -0.25) is 9.89 Å². The predicted octanol–water partition coefficient (Wildman–Crippen LogP) is 1.84. The quantitative estimate of drug-likeness (QED) is 0.504. The third-order valence-corrected chi connectivity index (χ3v) is 5.49. The van der Waals surface area contributed by atoms with Crippen LogP contribution < -0.4 is 10.6 Å². The van der Waals surface area contributed by atoms with E-state index in [2.05, 4.69) is 34.5 Å². The smallest absolute Gasteiger partial charge is 0.191 e. The molecule has 2 fully saturated rings. The summed E-state index contributed by atoms with van der Waals surface area (Å²) in [7, 11) is 5.87. The molecule has 2 N–H and O–H groups in total. The fourth-order valence-corrected chi connectivity index (χ4v) is 3.23. The van der Waals surface area contributed by atoms with Gasteiger partial charge in [0.1, 0.15) is 0 Å². The van der Waals surface area contributed by atoms with Gasteiger partial charge in [0.2, 0.25) is 0 Å². The van der Waals surface area contributed by atoms with Crippen molar-refractivity contribution in [3.63, 3.8) is 0 Å². The van der Waals surface area contributed by atoms with E-state index in [-0.39, 0.29) is 0 Å². The molecule has 0 bridgehead atoms. The zero-order chi connectivity index (χ0) is 16.0. The number of likely N-dealkylation sites (N-methyl/N-ethyl adjacent to an activating group) is 1. The molecule has 1 atom stereocenters. The molecule has 22 heavy (non-hydrogen) atoms. The van der Waals surface area contributed by atoms with Crippen LogP contribution in [0.1, 0.15) is 45.4 Å². The molecule has 0 aromatic carbocycles. The summed E-state index contributed by atoms with van der Waals surface area (Å²) in [5.41, 5.74) is 0.421. The Morgan fingerprint density at radius 3 is 2.59 bits per heavy atom. The number of hydrogen-bond donors (Lipinski definition) is 2. The topological polar surface area (TPSA) is 48.9 Å². The number of nitrogens with zero attached hydrogens (tertiary/aromatic N) is 2. The number of aliphatic imine (C=N–C) groups is 1. The van der Waals surface area contributed by atoms with Crippen LogP contribution in [0.4, 0.5) is 0 Å². The van der Waals surface area contributed by atoms with Crippen LogP contribution in [0.5, 0.6) is 0 Å². The Morgan fingerprint density at radius 2 is 2.09 bits per heavy atom. The summed E-state index contributed by atoms with van der Waals surface area (Å²) < 4.78 is 5.26. The van der Waals surface area contributed by atoms with E-state index in [9.17, 15) is 0 Å². The second-order valence-electron chi connectivity index (χ2n) is 7.15. The van der Waals surface area contributed by atoms with E-state index in [4.69, 9.17) is 4.74 Å². The van der Waals surface area contributed by atoms with Crippen LogP contribution in [-0.4, -0.2) is 63.8 Å². The lowest BCUT2D eigenvalue weighted by Crippen LogP contribution is -2.49. The SMILES string of the molecule is CN=C(NCC(C)N(C)C1CC1)NCC1(CCOC)CCC1. The summed E-state index contributed by atoms with van der Waals surface area (Å²) >= 11 is 0. The molecule has 0 spiro atoms. The van der Waals surface area contributed by atoms with E-state index in [0.717, 1.165) is 38.1 Å². The molecule has 0 saturated heterocycles. The molecule has 2 aliphatic carbocycles. The number of guanidine groups is 1. The predicted molar refractivity (Wildman–Crippen MR) is 92.4 cm³/mol. The van der Waals surface area contributed by atoms with Crippen LogP contribution in [0.15, 0.2) is 4.99 Å². The van der Waals surface area contributed by atoms with Crippen LogP contribution in [-0.2, 0) is 4.74 Å². The molecule has 1 unspecified atom stereocenters. The highest BCUT2D eigenvalue weighted by atomic mass is 16.5. The van der Waals surface area contributed by atoms with E-state index >= 15 is 0 Å². The Morgan fingerprint density at radius 1 is 1.36 bits per heavy atom. The molecule has 0 heterocycles. The standard InChI is InChI=1S/C17H34N4O/c1-14(21(3)15-6-7-15)12-19-16(18-2)20-13-17(8-5-9-17)10-11-22-4/h14-15H,5-13H2,1-4H3,(H2,18,19,20). The molecule has 5 nitrogen and oxygen atoms in total. The first-order chi connectivity index (χ1) is 10.6. The van der Waals surface area contributed by atoms with E-state index in [0.29, 0.717) is 11.5 Å². The molecule has 0 radical (unpaired) electrons. The minimum Gasteiger partial charge on any atom is -0.385 e. The normalized spacial score (nSPS) is 22.3. The summed E-state index contributed by atoms with van der Waals surface area (Å²) in [4.78, 5) is 6.84. The van der Waals surface area contributed by atoms with Gasteiger partial charge in [0.05, 0.1) is 0 Å². The van der Waals surface area contributed by atoms with Crippen molar-refractivity contribution in [3.8, 4) is 0 Å². The summed E-state index contributed by atoms with van der Waals surface area (Å²) in [6.07, 6.45) is 7.82. The number of hydrogen-bond acceptors (Lipinski definition) is 3. The van der Waals surface area contributed by atoms with Gasteiger partial charge < -0.3 is 15.4 Å². The van der Waals surface area contributed by atoms with E-state index < -0.39 is 0 Å². The zero-order valence-electron chi connectivity index (χ0n) is 14.8. The molecule has 128 valence electrons. The minimum absolute atomic E-state index is 0.421. The molecule has 0 aromatic heterocycles. The maximum absolute atomic E-state index is 5.26. The summed E-state index contributed by atoms with van der Waals surface area (Å²) in [5, 5.41) is 7.00. The molecular weight excluding hydrogens is 276 g/mol. The third kappa shape index (κ3) is 4.85. The van der Waals surface area contributed by atoms with Crippen LogP contribution in [0, 0.1) is 5.41 Å². The summed E-state index contributed by atoms with van der Waals surface area (Å²) in [6, 6.07) is 1.34. The molecule has 2 rings (SSSR count). The van der Waals surface area contributed by atoms with Crippen LogP contribution in [0.25, 0.3) is 0 Å². The Bertz CT molecular complexity index is 364. The maximum Gasteiger partial charge on any atom is 0.191 e. The average molecular weight is 310 g/mol. The van der Waals surface area contributed by atoms with Crippen molar-refractivity contribution in [2.75, 3.05) is 40.9 Å². The molecule has 0 amide bonds. The molecule has 0 aliphatic heterocycles. The number of rotatable bonds is 9. The van der Waals surface area contributed by atoms with Gasteiger partial charge in [0.15, 0.2) is 5.96 Å². The van der Waals surface area contributed by atoms with Gasteiger partial charge in [-0.2, -0.15) is 0 Å². The largest absolute Gasteiger partial charge is 0.385 e. The van der Waals surface area contributed by atoms with Gasteiger partial charge in [0.25, 0.3) is 0 Å². The molecule has 2 saturated carbocycles.